The number of rotatable bonds is 1. The molecule has 1 fully saturated rings. The Morgan fingerprint density at radius 2 is 1.81 bits per heavy atom. The van der Waals surface area contributed by atoms with Crippen LogP contribution in [0.5, 0.6) is 0 Å². The van der Waals surface area contributed by atoms with Crippen molar-refractivity contribution in [1.29, 1.82) is 0 Å². The van der Waals surface area contributed by atoms with Gasteiger partial charge in [0, 0.05) is 0 Å². The number of aryl methyl sites for hydroxylation is 2. The summed E-state index contributed by atoms with van der Waals surface area (Å²) in [5.74, 6) is 1.77. The van der Waals surface area contributed by atoms with E-state index < -0.39 is 0 Å². The first-order chi connectivity index (χ1) is 7.66. The van der Waals surface area contributed by atoms with Gasteiger partial charge in [0.1, 0.15) is 0 Å². The highest BCUT2D eigenvalue weighted by Gasteiger charge is 2.18. The van der Waals surface area contributed by atoms with Crippen molar-refractivity contribution in [3.63, 3.8) is 0 Å². The lowest BCUT2D eigenvalue weighted by molar-refractivity contribution is 0.499. The minimum atomic E-state index is 0.825. The van der Waals surface area contributed by atoms with Gasteiger partial charge in [-0.05, 0) is 49.7 Å². The Kier molecular flexibility index (Phi) is 3.68. The first kappa shape index (κ1) is 11.7. The maximum Gasteiger partial charge on any atom is -0.0159 e. The summed E-state index contributed by atoms with van der Waals surface area (Å²) < 4.78 is 0. The molecule has 0 heteroatoms. The Balaban J connectivity index is 2.16. The summed E-state index contributed by atoms with van der Waals surface area (Å²) in [7, 11) is 0. The molecule has 0 aliphatic heterocycles. The molecule has 0 aromatic heterocycles. The lowest BCUT2D eigenvalue weighted by Gasteiger charge is -2.17. The van der Waals surface area contributed by atoms with Crippen LogP contribution < -0.4 is 0 Å². The minimum Gasteiger partial charge on any atom is -0.0625 e. The molecular formula is C16H24. The van der Waals surface area contributed by atoms with Crippen LogP contribution in [0, 0.1) is 19.8 Å². The van der Waals surface area contributed by atoms with E-state index in [-0.39, 0.29) is 0 Å². The van der Waals surface area contributed by atoms with Crippen molar-refractivity contribution < 1.29 is 0 Å². The van der Waals surface area contributed by atoms with Gasteiger partial charge in [-0.15, -0.1) is 0 Å². The van der Waals surface area contributed by atoms with Crippen molar-refractivity contribution in [2.75, 3.05) is 0 Å². The summed E-state index contributed by atoms with van der Waals surface area (Å²) in [6, 6.07) is 6.98. The molecule has 16 heavy (non-hydrogen) atoms. The SMILES string of the molecule is Cc1ccc(C2CCCC(C)CC2)c(C)c1. The first-order valence-corrected chi connectivity index (χ1v) is 6.74. The lowest BCUT2D eigenvalue weighted by atomic mass is 9.88. The van der Waals surface area contributed by atoms with E-state index in [1.807, 2.05) is 0 Å². The molecule has 0 radical (unpaired) electrons. The van der Waals surface area contributed by atoms with Gasteiger partial charge >= 0.3 is 0 Å². The average Bonchev–Trinajstić information content (AvgIpc) is 2.43. The second kappa shape index (κ2) is 5.03. The van der Waals surface area contributed by atoms with Crippen LogP contribution in [0.4, 0.5) is 0 Å². The Labute approximate surface area is 100 Å². The van der Waals surface area contributed by atoms with Crippen LogP contribution in [-0.2, 0) is 0 Å². The summed E-state index contributed by atoms with van der Waals surface area (Å²) in [5.41, 5.74) is 4.50. The molecule has 0 amide bonds. The molecule has 1 aliphatic rings. The van der Waals surface area contributed by atoms with E-state index in [1.165, 1.54) is 43.2 Å². The zero-order chi connectivity index (χ0) is 11.5. The molecule has 0 spiro atoms. The Hall–Kier alpha value is -0.780. The zero-order valence-corrected chi connectivity index (χ0v) is 10.9. The first-order valence-electron chi connectivity index (χ1n) is 6.74. The zero-order valence-electron chi connectivity index (χ0n) is 10.9. The maximum absolute atomic E-state index is 2.41. The predicted octanol–water partition coefficient (Wildman–Crippen LogP) is 4.99. The van der Waals surface area contributed by atoms with Gasteiger partial charge in [-0.25, -0.2) is 0 Å². The second-order valence-electron chi connectivity index (χ2n) is 5.67. The molecule has 1 aromatic carbocycles. The monoisotopic (exact) mass is 216 g/mol. The van der Waals surface area contributed by atoms with E-state index in [1.54, 1.807) is 5.56 Å². The third kappa shape index (κ3) is 2.66. The topological polar surface area (TPSA) is 0 Å². The van der Waals surface area contributed by atoms with Gasteiger partial charge in [-0.2, -0.15) is 0 Å². The number of benzene rings is 1. The lowest BCUT2D eigenvalue weighted by Crippen LogP contribution is -2.00. The molecule has 0 heterocycles. The van der Waals surface area contributed by atoms with Crippen LogP contribution in [0.15, 0.2) is 18.2 Å². The normalized spacial score (nSPS) is 26.4. The van der Waals surface area contributed by atoms with Crippen molar-refractivity contribution in [2.24, 2.45) is 5.92 Å². The average molecular weight is 216 g/mol. The third-order valence-electron chi connectivity index (χ3n) is 4.12. The van der Waals surface area contributed by atoms with Crippen molar-refractivity contribution in [3.05, 3.63) is 34.9 Å². The number of hydrogen-bond acceptors (Lipinski definition) is 0. The van der Waals surface area contributed by atoms with E-state index in [0.717, 1.165) is 11.8 Å². The molecule has 0 N–H and O–H groups in total. The van der Waals surface area contributed by atoms with Gasteiger partial charge < -0.3 is 0 Å². The molecular weight excluding hydrogens is 192 g/mol. The molecule has 2 unspecified atom stereocenters. The van der Waals surface area contributed by atoms with Gasteiger partial charge in [-0.1, -0.05) is 49.9 Å². The van der Waals surface area contributed by atoms with Crippen molar-refractivity contribution in [2.45, 2.75) is 58.8 Å². The summed E-state index contributed by atoms with van der Waals surface area (Å²) in [5, 5.41) is 0. The molecule has 2 atom stereocenters. The fraction of sp³-hybridized carbons (Fsp3) is 0.625. The smallest absolute Gasteiger partial charge is 0.0159 e. The Morgan fingerprint density at radius 3 is 2.56 bits per heavy atom. The van der Waals surface area contributed by atoms with E-state index in [9.17, 15) is 0 Å². The van der Waals surface area contributed by atoms with E-state index in [0.29, 0.717) is 0 Å². The van der Waals surface area contributed by atoms with Gasteiger partial charge in [-0.3, -0.25) is 0 Å². The fourth-order valence-corrected chi connectivity index (χ4v) is 3.08. The standard InChI is InChI=1S/C16H24/c1-12-5-4-6-15(9-7-12)16-10-8-13(2)11-14(16)3/h8,10-12,15H,4-7,9H2,1-3H3. The second-order valence-corrected chi connectivity index (χ2v) is 5.67. The highest BCUT2D eigenvalue weighted by atomic mass is 14.2. The molecule has 0 saturated heterocycles. The summed E-state index contributed by atoms with van der Waals surface area (Å²) in [6.07, 6.45) is 7.05. The van der Waals surface area contributed by atoms with Gasteiger partial charge in [0.05, 0.1) is 0 Å². The minimum absolute atomic E-state index is 0.825. The molecule has 0 bridgehead atoms. The van der Waals surface area contributed by atoms with Crippen molar-refractivity contribution in [1.82, 2.24) is 0 Å². The van der Waals surface area contributed by atoms with Crippen LogP contribution in [-0.4, -0.2) is 0 Å². The maximum atomic E-state index is 2.41. The van der Waals surface area contributed by atoms with Crippen molar-refractivity contribution >= 4 is 0 Å². The molecule has 0 nitrogen and oxygen atoms in total. The summed E-state index contributed by atoms with van der Waals surface area (Å²) in [4.78, 5) is 0. The Bertz CT molecular complexity index is 351. The van der Waals surface area contributed by atoms with Crippen molar-refractivity contribution in [3.8, 4) is 0 Å². The summed E-state index contributed by atoms with van der Waals surface area (Å²) >= 11 is 0. The molecule has 1 saturated carbocycles. The van der Waals surface area contributed by atoms with E-state index in [4.69, 9.17) is 0 Å². The molecule has 1 aromatic rings. The number of hydrogen-bond donors (Lipinski definition) is 0. The molecule has 2 rings (SSSR count). The third-order valence-corrected chi connectivity index (χ3v) is 4.12. The van der Waals surface area contributed by atoms with Gasteiger partial charge in [0.2, 0.25) is 0 Å². The predicted molar refractivity (Wildman–Crippen MR) is 70.9 cm³/mol. The van der Waals surface area contributed by atoms with Crippen LogP contribution in [0.3, 0.4) is 0 Å². The van der Waals surface area contributed by atoms with Crippen LogP contribution in [0.25, 0.3) is 0 Å². The Morgan fingerprint density at radius 1 is 1.00 bits per heavy atom. The fourth-order valence-electron chi connectivity index (χ4n) is 3.08. The quantitative estimate of drug-likeness (QED) is 0.580. The van der Waals surface area contributed by atoms with Crippen LogP contribution in [0.1, 0.15) is 61.6 Å². The highest BCUT2D eigenvalue weighted by molar-refractivity contribution is 5.33. The van der Waals surface area contributed by atoms with Gasteiger partial charge in [0.25, 0.3) is 0 Å². The van der Waals surface area contributed by atoms with Crippen LogP contribution in [0.2, 0.25) is 0 Å². The largest absolute Gasteiger partial charge is 0.0625 e. The van der Waals surface area contributed by atoms with E-state index in [2.05, 4.69) is 39.0 Å². The van der Waals surface area contributed by atoms with Crippen LogP contribution >= 0.6 is 0 Å². The van der Waals surface area contributed by atoms with Gasteiger partial charge in [0.15, 0.2) is 0 Å². The summed E-state index contributed by atoms with van der Waals surface area (Å²) in [6.45, 7) is 6.87. The molecule has 1 aliphatic carbocycles. The highest BCUT2D eigenvalue weighted by Crippen LogP contribution is 2.35. The molecule has 88 valence electrons. The van der Waals surface area contributed by atoms with E-state index >= 15 is 0 Å².